The van der Waals surface area contributed by atoms with Crippen molar-refractivity contribution < 1.29 is 27.5 Å². The summed E-state index contributed by atoms with van der Waals surface area (Å²) < 4.78 is 42.7. The zero-order chi connectivity index (χ0) is 20.0. The number of amides is 2. The third-order valence-electron chi connectivity index (χ3n) is 3.81. The van der Waals surface area contributed by atoms with Crippen LogP contribution in [0.3, 0.4) is 0 Å². The summed E-state index contributed by atoms with van der Waals surface area (Å²) in [6, 6.07) is 11.2. The van der Waals surface area contributed by atoms with Crippen molar-refractivity contribution in [1.29, 1.82) is 0 Å². The Labute approximate surface area is 154 Å². The van der Waals surface area contributed by atoms with Crippen molar-refractivity contribution in [3.05, 3.63) is 59.7 Å². The van der Waals surface area contributed by atoms with Gasteiger partial charge in [0.2, 0.25) is 11.8 Å². The van der Waals surface area contributed by atoms with Crippen LogP contribution in [0.1, 0.15) is 18.1 Å². The molecule has 144 valence electrons. The van der Waals surface area contributed by atoms with Crippen LogP contribution in [0, 0.1) is 0 Å². The number of anilines is 1. The van der Waals surface area contributed by atoms with E-state index in [0.717, 1.165) is 17.7 Å². The minimum absolute atomic E-state index is 0.220. The average molecular weight is 380 g/mol. The molecular formula is C19H19F3N2O3. The van der Waals surface area contributed by atoms with Gasteiger partial charge in [0, 0.05) is 19.2 Å². The Morgan fingerprint density at radius 2 is 1.63 bits per heavy atom. The maximum Gasteiger partial charge on any atom is 0.416 e. The second-order valence-corrected chi connectivity index (χ2v) is 5.85. The van der Waals surface area contributed by atoms with Gasteiger partial charge in [-0.1, -0.05) is 12.1 Å². The molecule has 0 aliphatic rings. The topological polar surface area (TPSA) is 58.6 Å². The van der Waals surface area contributed by atoms with Crippen molar-refractivity contribution in [2.45, 2.75) is 19.6 Å². The molecule has 1 N–H and O–H groups in total. The predicted octanol–water partition coefficient (Wildman–Crippen LogP) is 3.70. The Morgan fingerprint density at radius 3 is 2.11 bits per heavy atom. The lowest BCUT2D eigenvalue weighted by atomic mass is 10.2. The highest BCUT2D eigenvalue weighted by Crippen LogP contribution is 2.29. The zero-order valence-corrected chi connectivity index (χ0v) is 14.8. The largest absolute Gasteiger partial charge is 0.497 e. The van der Waals surface area contributed by atoms with Crippen LogP contribution >= 0.6 is 0 Å². The van der Waals surface area contributed by atoms with Gasteiger partial charge >= 0.3 is 6.18 Å². The Morgan fingerprint density at radius 1 is 1.04 bits per heavy atom. The molecule has 0 aliphatic carbocycles. The van der Waals surface area contributed by atoms with Gasteiger partial charge in [-0.2, -0.15) is 13.2 Å². The number of hydrogen-bond donors (Lipinski definition) is 1. The number of carbonyl (C=O) groups is 2. The molecule has 0 aliphatic heterocycles. The summed E-state index contributed by atoms with van der Waals surface area (Å²) in [7, 11) is 1.54. The molecule has 0 bridgehead atoms. The third-order valence-corrected chi connectivity index (χ3v) is 3.81. The van der Waals surface area contributed by atoms with Crippen LogP contribution in [0.5, 0.6) is 5.75 Å². The van der Waals surface area contributed by atoms with E-state index in [9.17, 15) is 22.8 Å². The van der Waals surface area contributed by atoms with Gasteiger partial charge in [-0.25, -0.2) is 0 Å². The first-order valence-electron chi connectivity index (χ1n) is 8.04. The normalized spacial score (nSPS) is 11.0. The van der Waals surface area contributed by atoms with E-state index < -0.39 is 17.6 Å². The van der Waals surface area contributed by atoms with Gasteiger partial charge in [-0.15, -0.1) is 0 Å². The second kappa shape index (κ2) is 8.57. The van der Waals surface area contributed by atoms with Crippen LogP contribution in [0.15, 0.2) is 48.5 Å². The molecule has 2 amide bonds. The van der Waals surface area contributed by atoms with Crippen molar-refractivity contribution in [2.24, 2.45) is 0 Å². The summed E-state index contributed by atoms with van der Waals surface area (Å²) in [5.41, 5.74) is 0.236. The number of benzene rings is 2. The van der Waals surface area contributed by atoms with E-state index >= 15 is 0 Å². The summed E-state index contributed by atoms with van der Waals surface area (Å²) >= 11 is 0. The third kappa shape index (κ3) is 6.02. The highest BCUT2D eigenvalue weighted by Gasteiger charge is 2.30. The van der Waals surface area contributed by atoms with Crippen LogP contribution in [0.2, 0.25) is 0 Å². The fourth-order valence-corrected chi connectivity index (χ4v) is 2.35. The number of halogens is 3. The van der Waals surface area contributed by atoms with Gasteiger partial charge in [0.05, 0.1) is 12.7 Å². The minimum atomic E-state index is -4.44. The van der Waals surface area contributed by atoms with Crippen LogP contribution in [0.25, 0.3) is 0 Å². The molecule has 0 fully saturated rings. The standard InChI is InChI=1S/C19H19F3N2O3/c1-13(25)24(11-14-3-9-17(27-2)10-4-14)12-18(26)23-16-7-5-15(6-8-16)19(20,21)22/h3-10H,11-12H2,1-2H3,(H,23,26). The molecule has 2 aromatic rings. The number of methoxy groups -OCH3 is 1. The molecule has 0 saturated carbocycles. The monoisotopic (exact) mass is 380 g/mol. The number of rotatable bonds is 6. The smallest absolute Gasteiger partial charge is 0.416 e. The number of carbonyl (C=O) groups excluding carboxylic acids is 2. The molecule has 27 heavy (non-hydrogen) atoms. The van der Waals surface area contributed by atoms with Gasteiger partial charge in [0.15, 0.2) is 0 Å². The fourth-order valence-electron chi connectivity index (χ4n) is 2.35. The van der Waals surface area contributed by atoms with Crippen molar-refractivity contribution in [3.8, 4) is 5.75 Å². The summed E-state index contributed by atoms with van der Waals surface area (Å²) in [4.78, 5) is 25.3. The Bertz CT molecular complexity index is 787. The zero-order valence-electron chi connectivity index (χ0n) is 14.8. The number of ether oxygens (including phenoxy) is 1. The molecule has 0 atom stereocenters. The average Bonchev–Trinajstić information content (AvgIpc) is 2.61. The first-order valence-corrected chi connectivity index (χ1v) is 8.04. The van der Waals surface area contributed by atoms with E-state index in [1.165, 1.54) is 24.0 Å². The van der Waals surface area contributed by atoms with Gasteiger partial charge in [-0.05, 0) is 42.0 Å². The lowest BCUT2D eigenvalue weighted by Crippen LogP contribution is -2.36. The molecule has 2 rings (SSSR count). The van der Waals surface area contributed by atoms with Crippen LogP contribution < -0.4 is 10.1 Å². The summed E-state index contributed by atoms with van der Waals surface area (Å²) in [5.74, 6) is -0.125. The van der Waals surface area contributed by atoms with E-state index in [-0.39, 0.29) is 24.7 Å². The molecule has 5 nitrogen and oxygen atoms in total. The first-order chi connectivity index (χ1) is 12.7. The number of nitrogens with one attached hydrogen (secondary N) is 1. The van der Waals surface area contributed by atoms with E-state index in [1.54, 1.807) is 31.4 Å². The molecule has 0 saturated heterocycles. The van der Waals surface area contributed by atoms with Crippen LogP contribution in [-0.4, -0.2) is 30.4 Å². The number of alkyl halides is 3. The van der Waals surface area contributed by atoms with Gasteiger partial charge < -0.3 is 15.0 Å². The molecule has 2 aromatic carbocycles. The molecule has 8 heteroatoms. The number of nitrogens with zero attached hydrogens (tertiary/aromatic N) is 1. The van der Waals surface area contributed by atoms with Crippen LogP contribution in [-0.2, 0) is 22.3 Å². The van der Waals surface area contributed by atoms with Gasteiger partial charge in [0.1, 0.15) is 12.3 Å². The Kier molecular flexibility index (Phi) is 6.44. The Hall–Kier alpha value is -3.03. The maximum absolute atomic E-state index is 12.6. The fraction of sp³-hybridized carbons (Fsp3) is 0.263. The molecule has 0 aromatic heterocycles. The van der Waals surface area contributed by atoms with E-state index in [4.69, 9.17) is 4.74 Å². The maximum atomic E-state index is 12.6. The van der Waals surface area contributed by atoms with Crippen molar-refractivity contribution in [1.82, 2.24) is 4.90 Å². The Balaban J connectivity index is 1.98. The molecule has 0 unspecified atom stereocenters. The summed E-state index contributed by atoms with van der Waals surface area (Å²) in [6.07, 6.45) is -4.44. The minimum Gasteiger partial charge on any atom is -0.497 e. The second-order valence-electron chi connectivity index (χ2n) is 5.85. The van der Waals surface area contributed by atoms with E-state index in [0.29, 0.717) is 5.75 Å². The first kappa shape index (κ1) is 20.3. The lowest BCUT2D eigenvalue weighted by Gasteiger charge is -2.21. The van der Waals surface area contributed by atoms with Gasteiger partial charge in [-0.3, -0.25) is 9.59 Å². The molecule has 0 heterocycles. The molecule has 0 radical (unpaired) electrons. The summed E-state index contributed by atoms with van der Waals surface area (Å²) in [5, 5.41) is 2.49. The highest BCUT2D eigenvalue weighted by molar-refractivity contribution is 5.94. The van der Waals surface area contributed by atoms with E-state index in [1.807, 2.05) is 0 Å². The SMILES string of the molecule is COc1ccc(CN(CC(=O)Nc2ccc(C(F)(F)F)cc2)C(C)=O)cc1. The van der Waals surface area contributed by atoms with Gasteiger partial charge in [0.25, 0.3) is 0 Å². The molecular weight excluding hydrogens is 361 g/mol. The number of hydrogen-bond acceptors (Lipinski definition) is 3. The quantitative estimate of drug-likeness (QED) is 0.831. The van der Waals surface area contributed by atoms with Crippen molar-refractivity contribution in [2.75, 3.05) is 19.0 Å². The molecule has 0 spiro atoms. The summed E-state index contributed by atoms with van der Waals surface area (Å²) in [6.45, 7) is 1.34. The van der Waals surface area contributed by atoms with Crippen molar-refractivity contribution in [3.63, 3.8) is 0 Å². The van der Waals surface area contributed by atoms with Crippen LogP contribution in [0.4, 0.5) is 18.9 Å². The van der Waals surface area contributed by atoms with Crippen molar-refractivity contribution >= 4 is 17.5 Å². The lowest BCUT2D eigenvalue weighted by molar-refractivity contribution is -0.137. The highest BCUT2D eigenvalue weighted by atomic mass is 19.4. The van der Waals surface area contributed by atoms with E-state index in [2.05, 4.69) is 5.32 Å². The predicted molar refractivity (Wildman–Crippen MR) is 94.2 cm³/mol.